The summed E-state index contributed by atoms with van der Waals surface area (Å²) < 4.78 is 43.4. The quantitative estimate of drug-likeness (QED) is 0.315. The van der Waals surface area contributed by atoms with Gasteiger partial charge in [0.15, 0.2) is 12.5 Å². The van der Waals surface area contributed by atoms with Crippen LogP contribution < -0.4 is 20.9 Å². The van der Waals surface area contributed by atoms with Crippen molar-refractivity contribution in [1.82, 2.24) is 14.6 Å². The summed E-state index contributed by atoms with van der Waals surface area (Å²) in [4.78, 5) is 39.0. The smallest absolute Gasteiger partial charge is 0.459 e. The fourth-order valence-corrected chi connectivity index (χ4v) is 5.84. The van der Waals surface area contributed by atoms with Gasteiger partial charge in [0.1, 0.15) is 24.5 Å². The van der Waals surface area contributed by atoms with Crippen LogP contribution in [0, 0.1) is 6.92 Å². The molecule has 0 radical (unpaired) electrons. The van der Waals surface area contributed by atoms with Crippen LogP contribution in [0.3, 0.4) is 0 Å². The molecule has 0 bridgehead atoms. The number of aryl methyl sites for hydroxylation is 1. The number of nitrogens with one attached hydrogen (secondary N) is 2. The molecule has 0 amide bonds. The van der Waals surface area contributed by atoms with E-state index in [1.54, 1.807) is 44.2 Å². The number of nitrogens with zero attached hydrogens (tertiary/aromatic N) is 1. The molecule has 2 N–H and O–H groups in total. The van der Waals surface area contributed by atoms with Gasteiger partial charge in [0.2, 0.25) is 0 Å². The molecule has 13 heteroatoms. The highest BCUT2D eigenvalue weighted by Gasteiger charge is 2.37. The second-order valence-corrected chi connectivity index (χ2v) is 11.0. The van der Waals surface area contributed by atoms with Crippen molar-refractivity contribution >= 4 is 13.7 Å². The number of esters is 1. The number of H-pyrrole nitrogens is 1. The molecule has 4 rings (SSSR count). The lowest BCUT2D eigenvalue weighted by molar-refractivity contribution is -0.152. The second-order valence-electron chi connectivity index (χ2n) is 9.32. The van der Waals surface area contributed by atoms with Gasteiger partial charge in [0, 0.05) is 11.8 Å². The Balaban J connectivity index is 1.43. The van der Waals surface area contributed by atoms with Crippen LogP contribution in [-0.2, 0) is 28.1 Å². The number of rotatable bonds is 11. The van der Waals surface area contributed by atoms with Crippen molar-refractivity contribution in [2.75, 3.05) is 13.2 Å². The van der Waals surface area contributed by atoms with Crippen LogP contribution in [0.25, 0.3) is 0 Å². The normalized spacial score (nSPS) is 22.5. The molecule has 1 aliphatic carbocycles. The molecule has 1 saturated heterocycles. The van der Waals surface area contributed by atoms with Gasteiger partial charge in [-0.05, 0) is 51.2 Å². The average Bonchev–Trinajstić information content (AvgIpc) is 3.38. The van der Waals surface area contributed by atoms with Crippen molar-refractivity contribution in [3.63, 3.8) is 0 Å². The number of hydrogen-bond acceptors (Lipinski definition) is 9. The maximum atomic E-state index is 13.8. The van der Waals surface area contributed by atoms with Gasteiger partial charge in [-0.3, -0.25) is 23.7 Å². The Bertz CT molecular complexity index is 1240. The third-order valence-electron chi connectivity index (χ3n) is 6.38. The molecule has 1 aromatic carbocycles. The summed E-state index contributed by atoms with van der Waals surface area (Å²) >= 11 is 0. The predicted molar refractivity (Wildman–Crippen MR) is 137 cm³/mol. The Morgan fingerprint density at radius 3 is 2.66 bits per heavy atom. The van der Waals surface area contributed by atoms with E-state index >= 15 is 0 Å². The van der Waals surface area contributed by atoms with Crippen molar-refractivity contribution < 1.29 is 32.6 Å². The largest absolute Gasteiger partial charge is 0.461 e. The lowest BCUT2D eigenvalue weighted by Gasteiger charge is -2.27. The van der Waals surface area contributed by atoms with Gasteiger partial charge in [-0.2, -0.15) is 5.09 Å². The van der Waals surface area contributed by atoms with Crippen molar-refractivity contribution in [3.8, 4) is 5.75 Å². The van der Waals surface area contributed by atoms with Crippen LogP contribution in [-0.4, -0.2) is 47.2 Å². The van der Waals surface area contributed by atoms with E-state index in [1.807, 2.05) is 0 Å². The predicted octanol–water partition coefficient (Wildman–Crippen LogP) is 3.16. The van der Waals surface area contributed by atoms with Gasteiger partial charge in [-0.15, -0.1) is 0 Å². The van der Waals surface area contributed by atoms with Crippen LogP contribution in [0.5, 0.6) is 5.75 Å². The maximum absolute atomic E-state index is 13.8. The lowest BCUT2D eigenvalue weighted by Crippen LogP contribution is -2.39. The first-order valence-corrected chi connectivity index (χ1v) is 14.4. The molecule has 2 fully saturated rings. The molecule has 1 aliphatic heterocycles. The minimum Gasteiger partial charge on any atom is -0.461 e. The van der Waals surface area contributed by atoms with E-state index in [-0.39, 0.29) is 25.1 Å². The van der Waals surface area contributed by atoms with Crippen molar-refractivity contribution in [1.29, 1.82) is 0 Å². The highest BCUT2D eigenvalue weighted by molar-refractivity contribution is 7.52. The molecule has 1 aromatic heterocycles. The Labute approximate surface area is 220 Å². The molecule has 2 heterocycles. The van der Waals surface area contributed by atoms with Crippen molar-refractivity contribution in [2.45, 2.75) is 77.0 Å². The van der Waals surface area contributed by atoms with Crippen LogP contribution in [0.2, 0.25) is 0 Å². The molecule has 38 heavy (non-hydrogen) atoms. The summed E-state index contributed by atoms with van der Waals surface area (Å²) in [6, 6.07) is 7.51. The van der Waals surface area contributed by atoms with E-state index in [0.717, 1.165) is 32.1 Å². The molecule has 1 saturated carbocycles. The number of ether oxygens (including phenoxy) is 3. The molecular formula is C25H34N3O9P. The van der Waals surface area contributed by atoms with E-state index in [0.29, 0.717) is 12.0 Å². The third kappa shape index (κ3) is 7.42. The summed E-state index contributed by atoms with van der Waals surface area (Å²) in [6.07, 6.45) is 4.49. The third-order valence-corrected chi connectivity index (χ3v) is 7.95. The molecular weight excluding hydrogens is 517 g/mol. The van der Waals surface area contributed by atoms with Crippen molar-refractivity contribution in [3.05, 3.63) is 62.9 Å². The SMILES string of the molecule is CC[C@H](NP(=O)(OC[C@@H]1OC[C@H](n2cc(C)c(=O)[nH]c2=O)O1)Oc1ccccc1)C(=O)OC1CCCCC1. The fourth-order valence-electron chi connectivity index (χ4n) is 4.28. The Hall–Kier alpha value is -2.76. The lowest BCUT2D eigenvalue weighted by atomic mass is 9.98. The van der Waals surface area contributed by atoms with Crippen LogP contribution in [0.1, 0.15) is 57.2 Å². The maximum Gasteiger partial charge on any atom is 0.459 e. The number of carbonyl (C=O) groups is 1. The number of benzene rings is 1. The van der Waals surface area contributed by atoms with E-state index in [2.05, 4.69) is 10.1 Å². The zero-order valence-electron chi connectivity index (χ0n) is 21.5. The molecule has 4 atom stereocenters. The summed E-state index contributed by atoms with van der Waals surface area (Å²) in [5.41, 5.74) is -0.788. The van der Waals surface area contributed by atoms with Crippen LogP contribution in [0.15, 0.2) is 46.1 Å². The monoisotopic (exact) mass is 551 g/mol. The number of carbonyl (C=O) groups excluding carboxylic acids is 1. The van der Waals surface area contributed by atoms with Crippen LogP contribution >= 0.6 is 7.75 Å². The Kier molecular flexibility index (Phi) is 9.56. The highest BCUT2D eigenvalue weighted by Crippen LogP contribution is 2.45. The minimum atomic E-state index is -4.12. The summed E-state index contributed by atoms with van der Waals surface area (Å²) in [5, 5.41) is 2.74. The standard InChI is InChI=1S/C25H34N3O9P/c1-3-20(24(30)35-18-10-6-4-7-11-18)27-38(32,37-19-12-8-5-9-13-19)34-16-22-33-15-21(36-22)28-14-17(2)23(29)26-25(28)31/h5,8-9,12-14,18,20-22H,3-4,6-7,10-11,15-16H2,1-2H3,(H,27,32)(H,26,29,31)/t20-,21+,22+,38?/m0/s1. The first-order valence-electron chi connectivity index (χ1n) is 12.8. The number of hydrogen-bond donors (Lipinski definition) is 2. The zero-order valence-corrected chi connectivity index (χ0v) is 22.4. The van der Waals surface area contributed by atoms with E-state index in [1.165, 1.54) is 10.8 Å². The molecule has 1 unspecified atom stereocenters. The molecule has 2 aromatic rings. The first kappa shape index (κ1) is 28.3. The number of aromatic nitrogens is 2. The Morgan fingerprint density at radius 2 is 1.95 bits per heavy atom. The van der Waals surface area contributed by atoms with E-state index in [9.17, 15) is 18.9 Å². The van der Waals surface area contributed by atoms with Gasteiger partial charge >= 0.3 is 19.4 Å². The molecule has 12 nitrogen and oxygen atoms in total. The summed E-state index contributed by atoms with van der Waals surface area (Å²) in [7, 11) is -4.12. The summed E-state index contributed by atoms with van der Waals surface area (Å²) in [6.45, 7) is 3.02. The highest BCUT2D eigenvalue weighted by atomic mass is 31.2. The van der Waals surface area contributed by atoms with Gasteiger partial charge in [-0.25, -0.2) is 9.36 Å². The van der Waals surface area contributed by atoms with E-state index < -0.39 is 43.5 Å². The van der Waals surface area contributed by atoms with Gasteiger partial charge in [-0.1, -0.05) is 31.5 Å². The number of aromatic amines is 1. The second kappa shape index (κ2) is 12.9. The molecule has 208 valence electrons. The topological polar surface area (TPSA) is 147 Å². The van der Waals surface area contributed by atoms with Crippen LogP contribution in [0.4, 0.5) is 0 Å². The summed E-state index contributed by atoms with van der Waals surface area (Å²) in [5.74, 6) is -0.235. The molecule has 2 aliphatic rings. The van der Waals surface area contributed by atoms with E-state index in [4.69, 9.17) is 23.3 Å². The number of para-hydroxylation sites is 1. The average molecular weight is 552 g/mol. The minimum absolute atomic E-state index is 0.00197. The van der Waals surface area contributed by atoms with Gasteiger partial charge in [0.25, 0.3) is 5.56 Å². The van der Waals surface area contributed by atoms with Gasteiger partial charge < -0.3 is 18.7 Å². The molecule has 0 spiro atoms. The first-order chi connectivity index (χ1) is 18.3. The fraction of sp³-hybridized carbons (Fsp3) is 0.560. The van der Waals surface area contributed by atoms with Gasteiger partial charge in [0.05, 0.1) is 6.61 Å². The zero-order chi connectivity index (χ0) is 27.1. The Morgan fingerprint density at radius 1 is 1.21 bits per heavy atom. The van der Waals surface area contributed by atoms with Crippen molar-refractivity contribution in [2.24, 2.45) is 0 Å².